The molecule has 0 radical (unpaired) electrons. The summed E-state index contributed by atoms with van der Waals surface area (Å²) >= 11 is 1.70. The van der Waals surface area contributed by atoms with Gasteiger partial charge in [0.25, 0.3) is 0 Å². The Kier molecular flexibility index (Phi) is 5.98. The van der Waals surface area contributed by atoms with Crippen molar-refractivity contribution in [2.45, 2.75) is 52.0 Å². The normalized spacial score (nSPS) is 17.9. The van der Waals surface area contributed by atoms with E-state index in [4.69, 9.17) is 0 Å². The second-order valence-electron chi connectivity index (χ2n) is 5.54. The molecule has 1 aromatic rings. The SMILES string of the molecule is CCc1cnc(C(C)NC(=O)CCC2CCNCC2)s1. The van der Waals surface area contributed by atoms with Crippen LogP contribution in [0.4, 0.5) is 0 Å². The largest absolute Gasteiger partial charge is 0.347 e. The minimum absolute atomic E-state index is 0.0285. The van der Waals surface area contributed by atoms with Crippen LogP contribution in [0.2, 0.25) is 0 Å². The molecule has 1 unspecified atom stereocenters. The van der Waals surface area contributed by atoms with E-state index in [1.807, 2.05) is 13.1 Å². The molecule has 0 bridgehead atoms. The van der Waals surface area contributed by atoms with Crippen molar-refractivity contribution in [1.82, 2.24) is 15.6 Å². The van der Waals surface area contributed by atoms with Gasteiger partial charge in [-0.05, 0) is 51.6 Å². The lowest BCUT2D eigenvalue weighted by atomic mass is 9.93. The first-order chi connectivity index (χ1) is 9.69. The minimum atomic E-state index is 0.0285. The molecule has 0 aliphatic carbocycles. The Morgan fingerprint density at radius 3 is 2.95 bits per heavy atom. The van der Waals surface area contributed by atoms with Crippen LogP contribution in [0.25, 0.3) is 0 Å². The summed E-state index contributed by atoms with van der Waals surface area (Å²) in [7, 11) is 0. The average molecular weight is 295 g/mol. The van der Waals surface area contributed by atoms with Gasteiger partial charge in [0.05, 0.1) is 6.04 Å². The van der Waals surface area contributed by atoms with E-state index >= 15 is 0 Å². The van der Waals surface area contributed by atoms with Gasteiger partial charge in [-0.15, -0.1) is 11.3 Å². The zero-order chi connectivity index (χ0) is 14.4. The van der Waals surface area contributed by atoms with Crippen molar-refractivity contribution in [3.63, 3.8) is 0 Å². The Labute approximate surface area is 125 Å². The van der Waals surface area contributed by atoms with Crippen LogP contribution in [0, 0.1) is 5.92 Å². The lowest BCUT2D eigenvalue weighted by Crippen LogP contribution is -2.30. The first kappa shape index (κ1) is 15.4. The number of thiazole rings is 1. The Morgan fingerprint density at radius 2 is 2.30 bits per heavy atom. The molecule has 112 valence electrons. The number of aromatic nitrogens is 1. The van der Waals surface area contributed by atoms with Crippen LogP contribution in [0.5, 0.6) is 0 Å². The third-order valence-corrected chi connectivity index (χ3v) is 5.23. The molecule has 20 heavy (non-hydrogen) atoms. The number of piperidine rings is 1. The summed E-state index contributed by atoms with van der Waals surface area (Å²) in [6.45, 7) is 6.34. The highest BCUT2D eigenvalue weighted by molar-refractivity contribution is 7.11. The van der Waals surface area contributed by atoms with E-state index in [-0.39, 0.29) is 11.9 Å². The van der Waals surface area contributed by atoms with Gasteiger partial charge in [0.2, 0.25) is 5.91 Å². The number of nitrogens with one attached hydrogen (secondary N) is 2. The molecular weight excluding hydrogens is 270 g/mol. The molecule has 1 aromatic heterocycles. The van der Waals surface area contributed by atoms with Gasteiger partial charge in [0.15, 0.2) is 0 Å². The van der Waals surface area contributed by atoms with Gasteiger partial charge in [0.1, 0.15) is 5.01 Å². The van der Waals surface area contributed by atoms with Crippen molar-refractivity contribution >= 4 is 17.2 Å². The van der Waals surface area contributed by atoms with E-state index in [9.17, 15) is 4.79 Å². The third-order valence-electron chi connectivity index (χ3n) is 3.91. The molecule has 1 aliphatic rings. The topological polar surface area (TPSA) is 54.0 Å². The van der Waals surface area contributed by atoms with Gasteiger partial charge in [0, 0.05) is 17.5 Å². The van der Waals surface area contributed by atoms with Crippen LogP contribution in [0.1, 0.15) is 55.5 Å². The monoisotopic (exact) mass is 295 g/mol. The molecular formula is C15H25N3OS. The van der Waals surface area contributed by atoms with Crippen molar-refractivity contribution in [2.75, 3.05) is 13.1 Å². The van der Waals surface area contributed by atoms with E-state index in [0.717, 1.165) is 30.9 Å². The van der Waals surface area contributed by atoms with Gasteiger partial charge < -0.3 is 10.6 Å². The summed E-state index contributed by atoms with van der Waals surface area (Å²) < 4.78 is 0. The van der Waals surface area contributed by atoms with Crippen LogP contribution in [0.3, 0.4) is 0 Å². The number of aryl methyl sites for hydroxylation is 1. The number of carbonyl (C=O) groups excluding carboxylic acids is 1. The van der Waals surface area contributed by atoms with E-state index in [0.29, 0.717) is 12.3 Å². The lowest BCUT2D eigenvalue weighted by Gasteiger charge is -2.22. The van der Waals surface area contributed by atoms with Crippen molar-refractivity contribution in [2.24, 2.45) is 5.92 Å². The highest BCUT2D eigenvalue weighted by atomic mass is 32.1. The van der Waals surface area contributed by atoms with E-state index in [1.165, 1.54) is 17.7 Å². The molecule has 2 N–H and O–H groups in total. The van der Waals surface area contributed by atoms with Crippen LogP contribution in [-0.2, 0) is 11.2 Å². The van der Waals surface area contributed by atoms with E-state index in [2.05, 4.69) is 22.5 Å². The number of hydrogen-bond donors (Lipinski definition) is 2. The zero-order valence-electron chi connectivity index (χ0n) is 12.4. The summed E-state index contributed by atoms with van der Waals surface area (Å²) in [5.74, 6) is 0.869. The molecule has 1 saturated heterocycles. The second-order valence-corrected chi connectivity index (χ2v) is 6.69. The molecule has 1 amide bonds. The maximum Gasteiger partial charge on any atom is 0.220 e. The Bertz CT molecular complexity index is 427. The molecule has 5 heteroatoms. The van der Waals surface area contributed by atoms with E-state index in [1.54, 1.807) is 11.3 Å². The summed E-state index contributed by atoms with van der Waals surface area (Å²) in [5, 5.41) is 7.43. The maximum absolute atomic E-state index is 12.0. The van der Waals surface area contributed by atoms with E-state index < -0.39 is 0 Å². The number of rotatable bonds is 6. The molecule has 0 spiro atoms. The quantitative estimate of drug-likeness (QED) is 0.848. The van der Waals surface area contributed by atoms with Crippen molar-refractivity contribution < 1.29 is 4.79 Å². The highest BCUT2D eigenvalue weighted by Gasteiger charge is 2.16. The third kappa shape index (κ3) is 4.56. The molecule has 4 nitrogen and oxygen atoms in total. The smallest absolute Gasteiger partial charge is 0.220 e. The second kappa shape index (κ2) is 7.74. The van der Waals surface area contributed by atoms with Crippen molar-refractivity contribution in [1.29, 1.82) is 0 Å². The zero-order valence-corrected chi connectivity index (χ0v) is 13.3. The predicted molar refractivity (Wildman–Crippen MR) is 82.9 cm³/mol. The van der Waals surface area contributed by atoms with Crippen LogP contribution >= 0.6 is 11.3 Å². The Hall–Kier alpha value is -0.940. The Morgan fingerprint density at radius 1 is 1.55 bits per heavy atom. The number of carbonyl (C=O) groups is 1. The van der Waals surface area contributed by atoms with Crippen molar-refractivity contribution in [3.8, 4) is 0 Å². The van der Waals surface area contributed by atoms with Gasteiger partial charge >= 0.3 is 0 Å². The fourth-order valence-electron chi connectivity index (χ4n) is 2.57. The van der Waals surface area contributed by atoms with Gasteiger partial charge in [-0.25, -0.2) is 4.98 Å². The maximum atomic E-state index is 12.0. The van der Waals surface area contributed by atoms with Gasteiger partial charge in [-0.3, -0.25) is 4.79 Å². The summed E-state index contributed by atoms with van der Waals surface area (Å²) in [5.41, 5.74) is 0. The van der Waals surface area contributed by atoms with Crippen LogP contribution in [-0.4, -0.2) is 24.0 Å². The molecule has 2 heterocycles. The molecule has 2 rings (SSSR count). The number of hydrogen-bond acceptors (Lipinski definition) is 4. The number of amides is 1. The minimum Gasteiger partial charge on any atom is -0.347 e. The fourth-order valence-corrected chi connectivity index (χ4v) is 3.43. The first-order valence-corrected chi connectivity index (χ1v) is 8.45. The molecule has 1 aliphatic heterocycles. The van der Waals surface area contributed by atoms with Gasteiger partial charge in [-0.1, -0.05) is 6.92 Å². The van der Waals surface area contributed by atoms with Crippen LogP contribution in [0.15, 0.2) is 6.20 Å². The fraction of sp³-hybridized carbons (Fsp3) is 0.733. The highest BCUT2D eigenvalue weighted by Crippen LogP contribution is 2.21. The molecule has 0 saturated carbocycles. The summed E-state index contributed by atoms with van der Waals surface area (Å²) in [6.07, 6.45) is 6.98. The van der Waals surface area contributed by atoms with Gasteiger partial charge in [-0.2, -0.15) is 0 Å². The summed E-state index contributed by atoms with van der Waals surface area (Å²) in [6, 6.07) is 0.0285. The Balaban J connectivity index is 1.72. The van der Waals surface area contributed by atoms with Crippen LogP contribution < -0.4 is 10.6 Å². The molecule has 1 fully saturated rings. The number of nitrogens with zero attached hydrogens (tertiary/aromatic N) is 1. The standard InChI is InChI=1S/C15H25N3OS/c1-3-13-10-17-15(20-13)11(2)18-14(19)5-4-12-6-8-16-9-7-12/h10-12,16H,3-9H2,1-2H3,(H,18,19). The predicted octanol–water partition coefficient (Wildman–Crippen LogP) is 2.66. The first-order valence-electron chi connectivity index (χ1n) is 7.63. The molecule has 0 aromatic carbocycles. The van der Waals surface area contributed by atoms with Crippen molar-refractivity contribution in [3.05, 3.63) is 16.1 Å². The molecule has 1 atom stereocenters. The summed E-state index contributed by atoms with van der Waals surface area (Å²) in [4.78, 5) is 17.7. The lowest BCUT2D eigenvalue weighted by molar-refractivity contribution is -0.122. The average Bonchev–Trinajstić information content (AvgIpc) is 2.95.